The molecule has 0 amide bonds. The molecule has 1 N–H and O–H groups in total. The lowest BCUT2D eigenvalue weighted by Crippen LogP contribution is -2.39. The Hall–Kier alpha value is -3.33. The van der Waals surface area contributed by atoms with E-state index in [2.05, 4.69) is 59.3 Å². The number of aromatic nitrogens is 5. The third kappa shape index (κ3) is 3.69. The molecule has 2 aromatic carbocycles. The first-order chi connectivity index (χ1) is 16.8. The van der Waals surface area contributed by atoms with Crippen molar-refractivity contribution in [3.63, 3.8) is 0 Å². The molecule has 0 spiro atoms. The summed E-state index contributed by atoms with van der Waals surface area (Å²) in [5.74, 6) is 1.14. The highest BCUT2D eigenvalue weighted by atomic mass is 35.5. The highest BCUT2D eigenvalue weighted by Crippen LogP contribution is 2.34. The molecule has 9 heteroatoms. The lowest BCUT2D eigenvalue weighted by Gasteiger charge is -2.38. The SMILES string of the molecule is CN1Cc2cc(Nc3ncc4c(=S)n(-c5ccccc5Cl)c5nccn5c4n3)ccc2C(C)(C)C1. The van der Waals surface area contributed by atoms with Crippen molar-refractivity contribution in [2.75, 3.05) is 18.9 Å². The summed E-state index contributed by atoms with van der Waals surface area (Å²) in [7, 11) is 2.16. The highest BCUT2D eigenvalue weighted by molar-refractivity contribution is 7.71. The molecule has 6 rings (SSSR count). The Morgan fingerprint density at radius 1 is 1.11 bits per heavy atom. The van der Waals surface area contributed by atoms with Crippen molar-refractivity contribution in [1.29, 1.82) is 0 Å². The quantitative estimate of drug-likeness (QED) is 0.310. The molecule has 176 valence electrons. The maximum atomic E-state index is 6.49. The largest absolute Gasteiger partial charge is 0.324 e. The second-order valence-corrected chi connectivity index (χ2v) is 10.5. The van der Waals surface area contributed by atoms with Crippen LogP contribution in [0.4, 0.5) is 11.6 Å². The first-order valence-electron chi connectivity index (χ1n) is 11.4. The van der Waals surface area contributed by atoms with E-state index in [0.717, 1.165) is 29.9 Å². The topological polar surface area (TPSA) is 63.3 Å². The summed E-state index contributed by atoms with van der Waals surface area (Å²) in [5.41, 5.74) is 5.23. The predicted octanol–water partition coefficient (Wildman–Crippen LogP) is 5.92. The third-order valence-electron chi connectivity index (χ3n) is 6.54. The summed E-state index contributed by atoms with van der Waals surface area (Å²) in [6.07, 6.45) is 5.36. The van der Waals surface area contributed by atoms with Crippen molar-refractivity contribution in [2.45, 2.75) is 25.8 Å². The number of halogens is 1. The van der Waals surface area contributed by atoms with Gasteiger partial charge < -0.3 is 10.2 Å². The fraction of sp³-hybridized carbons (Fsp3) is 0.231. The number of fused-ring (bicyclic) bond motifs is 4. The van der Waals surface area contributed by atoms with Gasteiger partial charge in [-0.15, -0.1) is 0 Å². The van der Waals surface area contributed by atoms with Crippen molar-refractivity contribution < 1.29 is 0 Å². The van der Waals surface area contributed by atoms with E-state index in [9.17, 15) is 0 Å². The van der Waals surface area contributed by atoms with Crippen LogP contribution in [0.2, 0.25) is 5.02 Å². The summed E-state index contributed by atoms with van der Waals surface area (Å²) in [5, 5.41) is 4.72. The van der Waals surface area contributed by atoms with Crippen LogP contribution < -0.4 is 5.32 Å². The van der Waals surface area contributed by atoms with E-state index in [0.29, 0.717) is 27.0 Å². The van der Waals surface area contributed by atoms with E-state index in [1.165, 1.54) is 11.1 Å². The second kappa shape index (κ2) is 8.12. The van der Waals surface area contributed by atoms with Crippen LogP contribution in [0.25, 0.3) is 22.5 Å². The summed E-state index contributed by atoms with van der Waals surface area (Å²) in [4.78, 5) is 16.3. The van der Waals surface area contributed by atoms with Gasteiger partial charge in [-0.3, -0.25) is 8.97 Å². The molecule has 7 nitrogen and oxygen atoms in total. The molecule has 0 aliphatic carbocycles. The zero-order valence-corrected chi connectivity index (χ0v) is 21.2. The van der Waals surface area contributed by atoms with Crippen LogP contribution >= 0.6 is 23.8 Å². The summed E-state index contributed by atoms with van der Waals surface area (Å²) < 4.78 is 4.32. The van der Waals surface area contributed by atoms with Gasteiger partial charge >= 0.3 is 0 Å². The molecule has 1 aliphatic heterocycles. The fourth-order valence-corrected chi connectivity index (χ4v) is 5.70. The predicted molar refractivity (Wildman–Crippen MR) is 143 cm³/mol. The van der Waals surface area contributed by atoms with Crippen LogP contribution in [-0.2, 0) is 12.0 Å². The molecule has 3 aromatic heterocycles. The summed E-state index contributed by atoms with van der Waals surface area (Å²) in [6.45, 7) is 6.54. The normalized spacial score (nSPS) is 15.4. The Labute approximate surface area is 213 Å². The molecule has 0 unspecified atom stereocenters. The Kier molecular flexibility index (Phi) is 5.14. The molecule has 35 heavy (non-hydrogen) atoms. The number of hydrogen-bond donors (Lipinski definition) is 1. The van der Waals surface area contributed by atoms with Crippen molar-refractivity contribution in [2.24, 2.45) is 0 Å². The molecule has 4 heterocycles. The zero-order valence-electron chi connectivity index (χ0n) is 19.7. The van der Waals surface area contributed by atoms with Gasteiger partial charge in [-0.1, -0.05) is 55.9 Å². The van der Waals surface area contributed by atoms with Crippen LogP contribution in [0.5, 0.6) is 0 Å². The molecule has 0 saturated carbocycles. The van der Waals surface area contributed by atoms with Gasteiger partial charge in [0.2, 0.25) is 11.7 Å². The van der Waals surface area contributed by atoms with E-state index in [1.54, 1.807) is 12.4 Å². The maximum Gasteiger partial charge on any atom is 0.229 e. The Morgan fingerprint density at radius 2 is 1.94 bits per heavy atom. The Balaban J connectivity index is 1.45. The Bertz CT molecular complexity index is 1670. The number of para-hydroxylation sites is 1. The molecular formula is C26H24ClN7S. The van der Waals surface area contributed by atoms with Crippen LogP contribution in [0.15, 0.2) is 61.1 Å². The standard InChI is InChI=1S/C26H24ClN7S/c1-26(2)15-32(3)14-16-12-17(8-9-19(16)26)30-24-29-13-18-22(31-24)33-11-10-28-25(33)34(23(18)35)21-7-5-4-6-20(21)27/h4-13H,14-15H2,1-3H3,(H,29,30,31). The Morgan fingerprint density at radius 3 is 2.77 bits per heavy atom. The summed E-state index contributed by atoms with van der Waals surface area (Å²) in [6, 6.07) is 14.1. The molecule has 0 fully saturated rings. The smallest absolute Gasteiger partial charge is 0.229 e. The summed E-state index contributed by atoms with van der Waals surface area (Å²) >= 11 is 12.3. The van der Waals surface area contributed by atoms with Gasteiger partial charge in [0, 0.05) is 42.8 Å². The van der Waals surface area contributed by atoms with Gasteiger partial charge in [0.05, 0.1) is 16.1 Å². The average Bonchev–Trinajstić information content (AvgIpc) is 3.29. The number of anilines is 2. The molecular weight excluding hydrogens is 478 g/mol. The van der Waals surface area contributed by atoms with E-state index < -0.39 is 0 Å². The van der Waals surface area contributed by atoms with Crippen molar-refractivity contribution in [3.05, 3.63) is 81.8 Å². The van der Waals surface area contributed by atoms with Crippen LogP contribution in [0, 0.1) is 4.64 Å². The van der Waals surface area contributed by atoms with Gasteiger partial charge in [-0.05, 0) is 42.4 Å². The molecule has 0 atom stereocenters. The van der Waals surface area contributed by atoms with Gasteiger partial charge in [0.15, 0.2) is 5.65 Å². The lowest BCUT2D eigenvalue weighted by atomic mass is 9.78. The average molecular weight is 502 g/mol. The first kappa shape index (κ1) is 22.2. The monoisotopic (exact) mass is 501 g/mol. The van der Waals surface area contributed by atoms with Crippen LogP contribution in [0.1, 0.15) is 25.0 Å². The molecule has 0 radical (unpaired) electrons. The molecule has 0 saturated heterocycles. The van der Waals surface area contributed by atoms with Crippen molar-refractivity contribution in [3.8, 4) is 5.69 Å². The highest BCUT2D eigenvalue weighted by Gasteiger charge is 2.30. The van der Waals surface area contributed by atoms with E-state index in [4.69, 9.17) is 28.8 Å². The van der Waals surface area contributed by atoms with Crippen LogP contribution in [-0.4, -0.2) is 42.4 Å². The van der Waals surface area contributed by atoms with Gasteiger partial charge in [0.1, 0.15) is 4.64 Å². The molecule has 0 bridgehead atoms. The minimum absolute atomic E-state index is 0.115. The molecule has 5 aromatic rings. The number of benzene rings is 2. The van der Waals surface area contributed by atoms with E-state index in [1.807, 2.05) is 39.4 Å². The minimum Gasteiger partial charge on any atom is -0.324 e. The van der Waals surface area contributed by atoms with Gasteiger partial charge in [-0.25, -0.2) is 9.97 Å². The van der Waals surface area contributed by atoms with Crippen molar-refractivity contribution in [1.82, 2.24) is 28.8 Å². The maximum absolute atomic E-state index is 6.49. The number of likely N-dealkylation sites (N-methyl/N-ethyl adjacent to an activating group) is 1. The fourth-order valence-electron chi connectivity index (χ4n) is 5.15. The number of nitrogens with zero attached hydrogens (tertiary/aromatic N) is 6. The van der Waals surface area contributed by atoms with Gasteiger partial charge in [0.25, 0.3) is 0 Å². The number of hydrogen-bond acceptors (Lipinski definition) is 6. The lowest BCUT2D eigenvalue weighted by molar-refractivity contribution is 0.236. The van der Waals surface area contributed by atoms with E-state index in [-0.39, 0.29) is 5.41 Å². The van der Waals surface area contributed by atoms with Crippen LogP contribution in [0.3, 0.4) is 0 Å². The third-order valence-corrected chi connectivity index (χ3v) is 7.26. The second-order valence-electron chi connectivity index (χ2n) is 9.67. The minimum atomic E-state index is 0.115. The van der Waals surface area contributed by atoms with Crippen molar-refractivity contribution >= 4 is 52.3 Å². The number of imidazole rings is 1. The van der Waals surface area contributed by atoms with Gasteiger partial charge in [-0.2, -0.15) is 4.98 Å². The number of nitrogens with one attached hydrogen (secondary N) is 1. The molecule has 1 aliphatic rings. The first-order valence-corrected chi connectivity index (χ1v) is 12.2. The number of rotatable bonds is 3. The zero-order chi connectivity index (χ0) is 24.3. The van der Waals surface area contributed by atoms with E-state index >= 15 is 0 Å².